The summed E-state index contributed by atoms with van der Waals surface area (Å²) in [6, 6.07) is 12.3. The van der Waals surface area contributed by atoms with Crippen LogP contribution in [-0.4, -0.2) is 21.6 Å². The van der Waals surface area contributed by atoms with Gasteiger partial charge in [0.2, 0.25) is 5.91 Å². The van der Waals surface area contributed by atoms with Crippen LogP contribution < -0.4 is 5.32 Å². The highest BCUT2D eigenvalue weighted by molar-refractivity contribution is 8.01. The second-order valence-electron chi connectivity index (χ2n) is 5.28. The molecule has 0 unspecified atom stereocenters. The summed E-state index contributed by atoms with van der Waals surface area (Å²) in [4.78, 5) is 26.8. The number of nitrogens with zero attached hydrogens (tertiary/aromatic N) is 2. The van der Waals surface area contributed by atoms with E-state index < -0.39 is 4.92 Å². The number of non-ortho nitro benzene ring substituents is 1. The van der Waals surface area contributed by atoms with E-state index >= 15 is 0 Å². The fourth-order valence-electron chi connectivity index (χ4n) is 2.22. The lowest BCUT2D eigenvalue weighted by molar-refractivity contribution is -0.384. The number of carbonyl (C=O) groups is 1. The van der Waals surface area contributed by atoms with E-state index in [0.717, 1.165) is 16.8 Å². The van der Waals surface area contributed by atoms with Crippen molar-refractivity contribution in [1.29, 1.82) is 0 Å². The Morgan fingerprint density at radius 3 is 2.72 bits per heavy atom. The molecule has 25 heavy (non-hydrogen) atoms. The first-order valence-electron chi connectivity index (χ1n) is 7.61. The molecule has 6 nitrogen and oxygen atoms in total. The van der Waals surface area contributed by atoms with E-state index in [2.05, 4.69) is 17.2 Å². The molecule has 0 atom stereocenters. The van der Waals surface area contributed by atoms with E-state index in [1.54, 1.807) is 6.07 Å². The van der Waals surface area contributed by atoms with Crippen LogP contribution in [0.25, 0.3) is 10.2 Å². The number of nitro benzene ring substituents is 1. The highest BCUT2D eigenvalue weighted by Gasteiger charge is 2.12. The normalized spacial score (nSPS) is 10.8. The second kappa shape index (κ2) is 7.62. The average molecular weight is 373 g/mol. The van der Waals surface area contributed by atoms with Gasteiger partial charge in [0.05, 0.1) is 20.9 Å². The number of benzene rings is 2. The molecule has 0 radical (unpaired) electrons. The molecule has 0 saturated heterocycles. The molecular weight excluding hydrogens is 358 g/mol. The van der Waals surface area contributed by atoms with E-state index in [4.69, 9.17) is 0 Å². The van der Waals surface area contributed by atoms with Crippen molar-refractivity contribution in [3.8, 4) is 0 Å². The molecule has 3 aromatic rings. The molecule has 0 fully saturated rings. The molecule has 0 saturated carbocycles. The molecule has 8 heteroatoms. The van der Waals surface area contributed by atoms with Gasteiger partial charge in [0, 0.05) is 17.8 Å². The van der Waals surface area contributed by atoms with Crippen molar-refractivity contribution in [2.45, 2.75) is 17.7 Å². The molecule has 0 spiro atoms. The van der Waals surface area contributed by atoms with Crippen LogP contribution in [-0.2, 0) is 11.2 Å². The van der Waals surface area contributed by atoms with Gasteiger partial charge in [-0.05, 0) is 30.2 Å². The zero-order valence-corrected chi connectivity index (χ0v) is 15.0. The monoisotopic (exact) mass is 373 g/mol. The van der Waals surface area contributed by atoms with Crippen LogP contribution in [0.2, 0.25) is 0 Å². The fourth-order valence-corrected chi connectivity index (χ4v) is 4.12. The van der Waals surface area contributed by atoms with Gasteiger partial charge >= 0.3 is 0 Å². The minimum Gasteiger partial charge on any atom is -0.325 e. The summed E-state index contributed by atoms with van der Waals surface area (Å²) in [7, 11) is 0. The average Bonchev–Trinajstić information content (AvgIpc) is 3.02. The molecule has 0 aliphatic rings. The maximum atomic E-state index is 12.1. The predicted molar refractivity (Wildman–Crippen MR) is 101 cm³/mol. The molecule has 0 aliphatic carbocycles. The summed E-state index contributed by atoms with van der Waals surface area (Å²) in [5.74, 6) is 0.122. The van der Waals surface area contributed by atoms with Crippen molar-refractivity contribution in [2.75, 3.05) is 11.1 Å². The number of aromatic nitrogens is 1. The number of hydrogen-bond donors (Lipinski definition) is 1. The summed E-state index contributed by atoms with van der Waals surface area (Å²) in [6.07, 6.45) is 0.958. The topological polar surface area (TPSA) is 85.1 Å². The Kier molecular flexibility index (Phi) is 5.30. The summed E-state index contributed by atoms with van der Waals surface area (Å²) in [5.41, 5.74) is 2.73. The zero-order valence-electron chi connectivity index (χ0n) is 13.4. The summed E-state index contributed by atoms with van der Waals surface area (Å²) in [5, 5.41) is 13.7. The highest BCUT2D eigenvalue weighted by Crippen LogP contribution is 2.31. The van der Waals surface area contributed by atoms with Gasteiger partial charge in [0.15, 0.2) is 4.34 Å². The van der Waals surface area contributed by atoms with Crippen LogP contribution in [0.4, 0.5) is 11.4 Å². The van der Waals surface area contributed by atoms with E-state index in [0.29, 0.717) is 9.86 Å². The summed E-state index contributed by atoms with van der Waals surface area (Å²) in [6.45, 7) is 2.08. The number of fused-ring (bicyclic) bond motifs is 1. The van der Waals surface area contributed by atoms with E-state index in [-0.39, 0.29) is 17.3 Å². The van der Waals surface area contributed by atoms with Crippen LogP contribution in [0, 0.1) is 10.1 Å². The molecule has 128 valence electrons. The molecule has 1 heterocycles. The van der Waals surface area contributed by atoms with Crippen molar-refractivity contribution in [3.63, 3.8) is 0 Å². The van der Waals surface area contributed by atoms with Gasteiger partial charge in [-0.3, -0.25) is 14.9 Å². The van der Waals surface area contributed by atoms with Gasteiger partial charge in [0.25, 0.3) is 5.69 Å². The minimum atomic E-state index is -0.427. The van der Waals surface area contributed by atoms with Crippen LogP contribution in [0.3, 0.4) is 0 Å². The molecule has 2 aromatic carbocycles. The van der Waals surface area contributed by atoms with Gasteiger partial charge in [-0.1, -0.05) is 30.8 Å². The van der Waals surface area contributed by atoms with Gasteiger partial charge in [-0.25, -0.2) is 4.98 Å². The van der Waals surface area contributed by atoms with E-state index in [9.17, 15) is 14.9 Å². The van der Waals surface area contributed by atoms with Gasteiger partial charge < -0.3 is 5.32 Å². The number of nitro groups is 1. The lowest BCUT2D eigenvalue weighted by Gasteiger charge is -2.05. The third-order valence-electron chi connectivity index (χ3n) is 3.54. The fraction of sp³-hybridized carbons (Fsp3) is 0.176. The Balaban J connectivity index is 1.61. The SMILES string of the molecule is CCc1ccc(NC(=O)CSc2nc3ccc([N+](=O)[O-])cc3s2)cc1. The first-order valence-corrected chi connectivity index (χ1v) is 9.42. The first-order chi connectivity index (χ1) is 12.0. The Morgan fingerprint density at radius 1 is 1.28 bits per heavy atom. The number of amides is 1. The van der Waals surface area contributed by atoms with Crippen LogP contribution >= 0.6 is 23.1 Å². The molecular formula is C17H15N3O3S2. The third-order valence-corrected chi connectivity index (χ3v) is 5.70. The number of anilines is 1. The maximum Gasteiger partial charge on any atom is 0.270 e. The Hall–Kier alpha value is -2.45. The maximum absolute atomic E-state index is 12.1. The minimum absolute atomic E-state index is 0.0426. The summed E-state index contributed by atoms with van der Waals surface area (Å²) >= 11 is 2.67. The molecule has 0 bridgehead atoms. The predicted octanol–water partition coefficient (Wildman–Crippen LogP) is 4.50. The molecule has 1 aromatic heterocycles. The number of nitrogens with one attached hydrogen (secondary N) is 1. The second-order valence-corrected chi connectivity index (χ2v) is 7.53. The highest BCUT2D eigenvalue weighted by atomic mass is 32.2. The Bertz CT molecular complexity index is 923. The van der Waals surface area contributed by atoms with Crippen molar-refractivity contribution in [1.82, 2.24) is 4.98 Å². The van der Waals surface area contributed by atoms with E-state index in [1.807, 2.05) is 24.3 Å². The van der Waals surface area contributed by atoms with Crippen molar-refractivity contribution < 1.29 is 9.72 Å². The third kappa shape index (κ3) is 4.34. The van der Waals surface area contributed by atoms with Crippen LogP contribution in [0.15, 0.2) is 46.8 Å². The van der Waals surface area contributed by atoms with Gasteiger partial charge in [0.1, 0.15) is 0 Å². The number of hydrogen-bond acceptors (Lipinski definition) is 6. The summed E-state index contributed by atoms with van der Waals surface area (Å²) < 4.78 is 1.46. The quantitative estimate of drug-likeness (QED) is 0.391. The van der Waals surface area contributed by atoms with Gasteiger partial charge in [-0.15, -0.1) is 11.3 Å². The Morgan fingerprint density at radius 2 is 2.04 bits per heavy atom. The lowest BCUT2D eigenvalue weighted by atomic mass is 10.1. The molecule has 3 rings (SSSR count). The number of thiazole rings is 1. The van der Waals surface area contributed by atoms with Gasteiger partial charge in [-0.2, -0.15) is 0 Å². The van der Waals surface area contributed by atoms with Crippen molar-refractivity contribution in [2.24, 2.45) is 0 Å². The largest absolute Gasteiger partial charge is 0.325 e. The number of rotatable bonds is 6. The number of carbonyl (C=O) groups excluding carboxylic acids is 1. The first kappa shape index (κ1) is 17.4. The number of thioether (sulfide) groups is 1. The smallest absolute Gasteiger partial charge is 0.270 e. The van der Waals surface area contributed by atoms with E-state index in [1.165, 1.54) is 40.8 Å². The molecule has 0 aliphatic heterocycles. The lowest BCUT2D eigenvalue weighted by Crippen LogP contribution is -2.13. The number of aryl methyl sites for hydroxylation is 1. The molecule has 1 amide bonds. The van der Waals surface area contributed by atoms with Crippen molar-refractivity contribution >= 4 is 50.6 Å². The molecule has 1 N–H and O–H groups in total. The van der Waals surface area contributed by atoms with Crippen molar-refractivity contribution in [3.05, 3.63) is 58.1 Å². The zero-order chi connectivity index (χ0) is 17.8. The van der Waals surface area contributed by atoms with Crippen LogP contribution in [0.5, 0.6) is 0 Å². The van der Waals surface area contributed by atoms with Crippen LogP contribution in [0.1, 0.15) is 12.5 Å². The standard InChI is InChI=1S/C17H15N3O3S2/c1-2-11-3-5-12(6-4-11)18-16(21)10-24-17-19-14-8-7-13(20(22)23)9-15(14)25-17/h3-9H,2,10H2,1H3,(H,18,21). The Labute approximate surface area is 152 Å².